The monoisotopic (exact) mass is 398 g/mol. The minimum Gasteiger partial charge on any atom is -0.506 e. The molecule has 0 radical (unpaired) electrons. The molecule has 1 aliphatic heterocycles. The van der Waals surface area contributed by atoms with E-state index in [9.17, 15) is 15.2 Å². The average molecular weight is 399 g/mol. The van der Waals surface area contributed by atoms with Gasteiger partial charge in [0.2, 0.25) is 0 Å². The number of esters is 1. The quantitative estimate of drug-likeness (QED) is 0.443. The van der Waals surface area contributed by atoms with Crippen LogP contribution in [0.1, 0.15) is 24.8 Å². The van der Waals surface area contributed by atoms with Gasteiger partial charge in [0.1, 0.15) is 29.1 Å². The Morgan fingerprint density at radius 3 is 2.93 bits per heavy atom. The molecule has 0 amide bonds. The molecule has 2 heterocycles. The number of allylic oxidation sites excluding steroid dienone is 1. The van der Waals surface area contributed by atoms with Gasteiger partial charge in [-0.15, -0.1) is 11.3 Å². The molecule has 7 heteroatoms. The van der Waals surface area contributed by atoms with Gasteiger partial charge in [-0.25, -0.2) is 4.98 Å². The van der Waals surface area contributed by atoms with Crippen LogP contribution in [0.4, 0.5) is 0 Å². The van der Waals surface area contributed by atoms with Crippen LogP contribution in [0.2, 0.25) is 0 Å². The van der Waals surface area contributed by atoms with Gasteiger partial charge in [-0.05, 0) is 19.8 Å². The van der Waals surface area contributed by atoms with Crippen LogP contribution < -0.4 is 4.90 Å². The molecule has 0 spiro atoms. The zero-order chi connectivity index (χ0) is 19.9. The van der Waals surface area contributed by atoms with Crippen molar-refractivity contribution in [2.24, 2.45) is 5.92 Å². The van der Waals surface area contributed by atoms with Gasteiger partial charge in [-0.2, -0.15) is 5.26 Å². The highest BCUT2D eigenvalue weighted by atomic mass is 32.1. The number of ether oxygens (including phenoxy) is 1. The van der Waals surface area contributed by atoms with Crippen molar-refractivity contribution < 1.29 is 19.5 Å². The predicted octanol–water partition coefficient (Wildman–Crippen LogP) is 2.46. The number of aromatic nitrogens is 1. The molecule has 28 heavy (non-hydrogen) atoms. The lowest BCUT2D eigenvalue weighted by Crippen LogP contribution is -3.14. The van der Waals surface area contributed by atoms with Crippen LogP contribution >= 0.6 is 11.3 Å². The van der Waals surface area contributed by atoms with E-state index in [1.165, 1.54) is 11.3 Å². The number of likely N-dealkylation sites (tertiary alicyclic amines) is 1. The van der Waals surface area contributed by atoms with Crippen LogP contribution in [0.15, 0.2) is 41.5 Å². The molecule has 1 aromatic carbocycles. The predicted molar refractivity (Wildman–Crippen MR) is 108 cm³/mol. The zero-order valence-electron chi connectivity index (χ0n) is 15.9. The number of hydrogen-bond donors (Lipinski definition) is 2. The maximum atomic E-state index is 12.0. The molecule has 2 N–H and O–H groups in total. The molecular formula is C21H24N3O3S+. The zero-order valence-corrected chi connectivity index (χ0v) is 16.7. The molecule has 3 rings (SSSR count). The smallest absolute Gasteiger partial charge is 0.314 e. The summed E-state index contributed by atoms with van der Waals surface area (Å²) in [7, 11) is 0. The van der Waals surface area contributed by atoms with Crippen LogP contribution in [0, 0.1) is 17.2 Å². The second-order valence-corrected chi connectivity index (χ2v) is 7.67. The third-order valence-corrected chi connectivity index (χ3v) is 5.70. The van der Waals surface area contributed by atoms with Crippen molar-refractivity contribution in [3.63, 3.8) is 0 Å². The minimum atomic E-state index is -0.170. The van der Waals surface area contributed by atoms with E-state index in [0.717, 1.165) is 35.5 Å². The summed E-state index contributed by atoms with van der Waals surface area (Å²) in [5.41, 5.74) is 1.97. The third kappa shape index (κ3) is 4.77. The summed E-state index contributed by atoms with van der Waals surface area (Å²) in [6.45, 7) is 3.94. The number of thiazole rings is 1. The van der Waals surface area contributed by atoms with E-state index >= 15 is 0 Å². The van der Waals surface area contributed by atoms with E-state index in [0.29, 0.717) is 24.7 Å². The molecule has 2 aromatic rings. The molecule has 0 saturated carbocycles. The second kappa shape index (κ2) is 9.49. The Labute approximate surface area is 168 Å². The normalized spacial score (nSPS) is 20.1. The van der Waals surface area contributed by atoms with E-state index in [1.54, 1.807) is 6.92 Å². The lowest BCUT2D eigenvalue weighted by molar-refractivity contribution is -0.904. The van der Waals surface area contributed by atoms with Gasteiger partial charge in [0.05, 0.1) is 25.4 Å². The van der Waals surface area contributed by atoms with Crippen molar-refractivity contribution in [2.75, 3.05) is 26.2 Å². The first-order valence-corrected chi connectivity index (χ1v) is 10.3. The Morgan fingerprint density at radius 1 is 1.43 bits per heavy atom. The fourth-order valence-corrected chi connectivity index (χ4v) is 4.31. The average Bonchev–Trinajstić information content (AvgIpc) is 3.19. The molecule has 1 aromatic heterocycles. The number of benzene rings is 1. The first-order chi connectivity index (χ1) is 13.6. The Balaban J connectivity index is 1.73. The van der Waals surface area contributed by atoms with E-state index in [1.807, 2.05) is 35.7 Å². The Hall–Kier alpha value is -2.69. The number of nitrogens with one attached hydrogen (secondary N) is 1. The second-order valence-electron chi connectivity index (χ2n) is 6.81. The highest BCUT2D eigenvalue weighted by Crippen LogP contribution is 2.26. The van der Waals surface area contributed by atoms with Crippen molar-refractivity contribution in [3.8, 4) is 17.3 Å². The Morgan fingerprint density at radius 2 is 2.21 bits per heavy atom. The molecule has 146 valence electrons. The molecule has 0 aliphatic carbocycles. The topological polar surface area (TPSA) is 87.6 Å². The number of hydrogen-bond acceptors (Lipinski definition) is 6. The lowest BCUT2D eigenvalue weighted by Gasteiger charge is -2.28. The van der Waals surface area contributed by atoms with Crippen molar-refractivity contribution in [1.29, 1.82) is 5.26 Å². The van der Waals surface area contributed by atoms with E-state index in [-0.39, 0.29) is 23.2 Å². The van der Waals surface area contributed by atoms with Crippen molar-refractivity contribution in [2.45, 2.75) is 19.8 Å². The number of quaternary nitrogens is 1. The number of carbonyl (C=O) groups is 1. The fraction of sp³-hybridized carbons (Fsp3) is 0.381. The summed E-state index contributed by atoms with van der Waals surface area (Å²) in [5.74, 6) is -0.293. The summed E-state index contributed by atoms with van der Waals surface area (Å²) < 4.78 is 5.13. The van der Waals surface area contributed by atoms with Gasteiger partial charge in [-0.1, -0.05) is 30.3 Å². The van der Waals surface area contributed by atoms with Gasteiger partial charge in [0.15, 0.2) is 5.76 Å². The summed E-state index contributed by atoms with van der Waals surface area (Å²) in [4.78, 5) is 17.6. The van der Waals surface area contributed by atoms with Crippen LogP contribution in [0.25, 0.3) is 16.8 Å². The van der Waals surface area contributed by atoms with Crippen molar-refractivity contribution in [3.05, 3.63) is 46.5 Å². The van der Waals surface area contributed by atoms with Crippen LogP contribution in [0.3, 0.4) is 0 Å². The third-order valence-electron chi connectivity index (χ3n) is 4.84. The SMILES string of the molecule is CCOC(=O)[C@H]1CCC[NH+](C/C(O)=C(\C#N)c2nc(-c3ccccc3)cs2)C1. The number of rotatable bonds is 6. The van der Waals surface area contributed by atoms with Gasteiger partial charge >= 0.3 is 5.97 Å². The molecule has 1 aliphatic rings. The number of aliphatic hydroxyl groups excluding tert-OH is 1. The fourth-order valence-electron chi connectivity index (χ4n) is 3.46. The molecular weight excluding hydrogens is 374 g/mol. The Bertz CT molecular complexity index is 886. The molecule has 1 unspecified atom stereocenters. The first kappa shape index (κ1) is 20.1. The molecule has 6 nitrogen and oxygen atoms in total. The minimum absolute atomic E-state index is 0.0240. The number of aliphatic hydroxyl groups is 1. The van der Waals surface area contributed by atoms with E-state index in [4.69, 9.17) is 4.74 Å². The number of nitrogens with zero attached hydrogens (tertiary/aromatic N) is 2. The Kier molecular flexibility index (Phi) is 6.80. The number of nitriles is 1. The number of piperidine rings is 1. The highest BCUT2D eigenvalue weighted by Gasteiger charge is 2.30. The van der Waals surface area contributed by atoms with Gasteiger partial charge in [-0.3, -0.25) is 4.79 Å². The summed E-state index contributed by atoms with van der Waals surface area (Å²) in [6, 6.07) is 11.8. The molecule has 1 saturated heterocycles. The van der Waals surface area contributed by atoms with Gasteiger partial charge in [0.25, 0.3) is 0 Å². The van der Waals surface area contributed by atoms with Crippen molar-refractivity contribution >= 4 is 22.9 Å². The largest absolute Gasteiger partial charge is 0.506 e. The molecule has 1 fully saturated rings. The summed E-state index contributed by atoms with van der Waals surface area (Å²) in [6.07, 6.45) is 1.70. The lowest BCUT2D eigenvalue weighted by atomic mass is 9.98. The van der Waals surface area contributed by atoms with Crippen LogP contribution in [-0.4, -0.2) is 42.3 Å². The molecule has 2 atom stereocenters. The van der Waals surface area contributed by atoms with Crippen molar-refractivity contribution in [1.82, 2.24) is 4.98 Å². The van der Waals surface area contributed by atoms with Gasteiger partial charge < -0.3 is 14.7 Å². The van der Waals surface area contributed by atoms with E-state index < -0.39 is 0 Å². The maximum absolute atomic E-state index is 12.0. The van der Waals surface area contributed by atoms with Crippen LogP contribution in [0.5, 0.6) is 0 Å². The first-order valence-electron chi connectivity index (χ1n) is 9.46. The van der Waals surface area contributed by atoms with E-state index in [2.05, 4.69) is 11.1 Å². The maximum Gasteiger partial charge on any atom is 0.314 e. The number of carbonyl (C=O) groups excluding carboxylic acids is 1. The summed E-state index contributed by atoms with van der Waals surface area (Å²) in [5, 5.41) is 22.6. The summed E-state index contributed by atoms with van der Waals surface area (Å²) >= 11 is 1.34. The van der Waals surface area contributed by atoms with Crippen LogP contribution in [-0.2, 0) is 9.53 Å². The standard InChI is InChI=1S/C21H23N3O3S/c1-2-27-21(26)16-9-6-10-24(12-16)13-19(25)17(11-22)20-23-18(14-28-20)15-7-4-3-5-8-15/h3-5,7-8,14,16,25H,2,6,9-10,12-13H2,1H3/p+1/b19-17-/t16-/m0/s1. The molecule has 0 bridgehead atoms. The van der Waals surface area contributed by atoms with Gasteiger partial charge in [0, 0.05) is 10.9 Å². The highest BCUT2D eigenvalue weighted by molar-refractivity contribution is 7.11.